The van der Waals surface area contributed by atoms with Gasteiger partial charge in [0, 0.05) is 26.1 Å². The van der Waals surface area contributed by atoms with Gasteiger partial charge >= 0.3 is 6.09 Å². The number of amides is 3. The van der Waals surface area contributed by atoms with Gasteiger partial charge < -0.3 is 25.0 Å². The Morgan fingerprint density at radius 3 is 2.42 bits per heavy atom. The molecule has 1 saturated heterocycles. The van der Waals surface area contributed by atoms with E-state index in [0.717, 1.165) is 24.8 Å². The van der Waals surface area contributed by atoms with Crippen LogP contribution in [-0.4, -0.2) is 54.6 Å². The SMILES string of the molecule is COc1ccc(C(CC(=O)N2CCCCC2CNC(=O)OC(C)(C)C)NC(C)=O)cc1. The molecule has 1 aromatic carbocycles. The summed E-state index contributed by atoms with van der Waals surface area (Å²) in [5.74, 6) is 0.460. The fourth-order valence-electron chi connectivity index (χ4n) is 3.68. The molecule has 0 aliphatic carbocycles. The highest BCUT2D eigenvalue weighted by Crippen LogP contribution is 2.24. The lowest BCUT2D eigenvalue weighted by atomic mass is 9.98. The fraction of sp³-hybridized carbons (Fsp3) is 0.609. The summed E-state index contributed by atoms with van der Waals surface area (Å²) in [6.07, 6.45) is 2.39. The van der Waals surface area contributed by atoms with Gasteiger partial charge in [-0.2, -0.15) is 0 Å². The summed E-state index contributed by atoms with van der Waals surface area (Å²) in [5.41, 5.74) is 0.264. The van der Waals surface area contributed by atoms with Gasteiger partial charge in [-0.3, -0.25) is 9.59 Å². The van der Waals surface area contributed by atoms with Gasteiger partial charge in [0.05, 0.1) is 19.6 Å². The molecule has 2 atom stereocenters. The predicted octanol–water partition coefficient (Wildman–Crippen LogP) is 3.17. The lowest BCUT2D eigenvalue weighted by Gasteiger charge is -2.37. The average molecular weight is 434 g/mol. The number of nitrogens with zero attached hydrogens (tertiary/aromatic N) is 1. The molecule has 1 heterocycles. The van der Waals surface area contributed by atoms with Crippen LogP contribution in [0.25, 0.3) is 0 Å². The maximum atomic E-state index is 13.2. The zero-order valence-electron chi connectivity index (χ0n) is 19.2. The maximum absolute atomic E-state index is 13.2. The van der Waals surface area contributed by atoms with Gasteiger partial charge in [0.2, 0.25) is 11.8 Å². The number of methoxy groups -OCH3 is 1. The molecule has 2 N–H and O–H groups in total. The van der Waals surface area contributed by atoms with Crippen LogP contribution in [-0.2, 0) is 14.3 Å². The van der Waals surface area contributed by atoms with Crippen LogP contribution in [0.15, 0.2) is 24.3 Å². The fourth-order valence-corrected chi connectivity index (χ4v) is 3.68. The Balaban J connectivity index is 2.05. The summed E-state index contributed by atoms with van der Waals surface area (Å²) < 4.78 is 10.5. The Kier molecular flexibility index (Phi) is 8.71. The van der Waals surface area contributed by atoms with Crippen molar-refractivity contribution in [2.75, 3.05) is 20.2 Å². The summed E-state index contributed by atoms with van der Waals surface area (Å²) in [6.45, 7) is 7.84. The Hall–Kier alpha value is -2.77. The number of likely N-dealkylation sites (tertiary alicyclic amines) is 1. The standard InChI is InChI=1S/C23H35N3O5/c1-16(27)25-20(17-9-11-19(30-5)12-10-17)14-21(28)26-13-7-6-8-18(26)15-24-22(29)31-23(2,3)4/h9-12,18,20H,6-8,13-15H2,1-5H3,(H,24,29)(H,25,27). The average Bonchev–Trinajstić information content (AvgIpc) is 2.70. The Morgan fingerprint density at radius 1 is 1.16 bits per heavy atom. The lowest BCUT2D eigenvalue weighted by Crippen LogP contribution is -2.50. The number of nitrogens with one attached hydrogen (secondary N) is 2. The van der Waals surface area contributed by atoms with Gasteiger partial charge in [-0.05, 0) is 57.7 Å². The molecule has 0 bridgehead atoms. The molecule has 8 nitrogen and oxygen atoms in total. The number of carbonyl (C=O) groups excluding carboxylic acids is 3. The van der Waals surface area contributed by atoms with Crippen LogP contribution in [0, 0.1) is 0 Å². The molecule has 3 amide bonds. The minimum Gasteiger partial charge on any atom is -0.497 e. The summed E-state index contributed by atoms with van der Waals surface area (Å²) in [6, 6.07) is 6.79. The van der Waals surface area contributed by atoms with E-state index in [0.29, 0.717) is 18.8 Å². The van der Waals surface area contributed by atoms with E-state index < -0.39 is 17.7 Å². The van der Waals surface area contributed by atoms with Gasteiger partial charge in [0.25, 0.3) is 0 Å². The molecule has 1 aromatic rings. The van der Waals surface area contributed by atoms with E-state index in [2.05, 4.69) is 10.6 Å². The minimum absolute atomic E-state index is 0.0507. The molecule has 8 heteroatoms. The van der Waals surface area contributed by atoms with Crippen molar-refractivity contribution in [1.29, 1.82) is 0 Å². The molecular weight excluding hydrogens is 398 g/mol. The van der Waals surface area contributed by atoms with Crippen LogP contribution in [0.4, 0.5) is 4.79 Å². The summed E-state index contributed by atoms with van der Waals surface area (Å²) >= 11 is 0. The number of carbonyl (C=O) groups is 3. The summed E-state index contributed by atoms with van der Waals surface area (Å²) in [5, 5.41) is 5.66. The van der Waals surface area contributed by atoms with Crippen LogP contribution < -0.4 is 15.4 Å². The van der Waals surface area contributed by atoms with Gasteiger partial charge in [0.15, 0.2) is 0 Å². The van der Waals surface area contributed by atoms with Crippen molar-refractivity contribution >= 4 is 17.9 Å². The molecule has 2 rings (SSSR count). The number of piperidine rings is 1. The Bertz CT molecular complexity index is 757. The third-order valence-electron chi connectivity index (χ3n) is 5.10. The topological polar surface area (TPSA) is 97.0 Å². The second-order valence-electron chi connectivity index (χ2n) is 8.85. The van der Waals surface area contributed by atoms with E-state index in [1.54, 1.807) is 7.11 Å². The first kappa shape index (κ1) is 24.5. The van der Waals surface area contributed by atoms with Crippen molar-refractivity contribution < 1.29 is 23.9 Å². The largest absolute Gasteiger partial charge is 0.497 e. The smallest absolute Gasteiger partial charge is 0.407 e. The van der Waals surface area contributed by atoms with E-state index in [4.69, 9.17) is 9.47 Å². The van der Waals surface area contributed by atoms with E-state index in [9.17, 15) is 14.4 Å². The number of alkyl carbamates (subject to hydrolysis) is 1. The van der Waals surface area contributed by atoms with Crippen molar-refractivity contribution in [1.82, 2.24) is 15.5 Å². The number of hydrogen-bond acceptors (Lipinski definition) is 5. The van der Waals surface area contributed by atoms with E-state index in [1.807, 2.05) is 49.9 Å². The van der Waals surface area contributed by atoms with Gasteiger partial charge in [-0.1, -0.05) is 12.1 Å². The van der Waals surface area contributed by atoms with Crippen molar-refractivity contribution in [2.24, 2.45) is 0 Å². The Labute approximate surface area is 184 Å². The zero-order valence-corrected chi connectivity index (χ0v) is 19.2. The number of rotatable bonds is 7. The molecule has 0 saturated carbocycles. The second kappa shape index (κ2) is 11.0. The van der Waals surface area contributed by atoms with Gasteiger partial charge in [-0.25, -0.2) is 4.79 Å². The highest BCUT2D eigenvalue weighted by molar-refractivity contribution is 5.79. The van der Waals surface area contributed by atoms with Crippen molar-refractivity contribution in [3.63, 3.8) is 0 Å². The van der Waals surface area contributed by atoms with E-state index in [1.165, 1.54) is 6.92 Å². The first-order valence-electron chi connectivity index (χ1n) is 10.8. The molecule has 1 fully saturated rings. The molecular formula is C23H35N3O5. The molecule has 1 aliphatic rings. The first-order valence-corrected chi connectivity index (χ1v) is 10.8. The second-order valence-corrected chi connectivity index (χ2v) is 8.85. The van der Waals surface area contributed by atoms with Crippen molar-refractivity contribution in [2.45, 2.75) is 71.1 Å². The maximum Gasteiger partial charge on any atom is 0.407 e. The quantitative estimate of drug-likeness (QED) is 0.688. The predicted molar refractivity (Wildman–Crippen MR) is 118 cm³/mol. The number of ether oxygens (including phenoxy) is 2. The van der Waals surface area contributed by atoms with Gasteiger partial charge in [0.1, 0.15) is 11.4 Å². The summed E-state index contributed by atoms with van der Waals surface area (Å²) in [7, 11) is 1.59. The third kappa shape index (κ3) is 8.11. The molecule has 1 aliphatic heterocycles. The highest BCUT2D eigenvalue weighted by Gasteiger charge is 2.29. The van der Waals surface area contributed by atoms with Crippen LogP contribution in [0.5, 0.6) is 5.75 Å². The van der Waals surface area contributed by atoms with Crippen LogP contribution in [0.3, 0.4) is 0 Å². The first-order chi connectivity index (χ1) is 14.6. The van der Waals surface area contributed by atoms with E-state index >= 15 is 0 Å². The van der Waals surface area contributed by atoms with Crippen molar-refractivity contribution in [3.8, 4) is 5.75 Å². The molecule has 31 heavy (non-hydrogen) atoms. The van der Waals surface area contributed by atoms with E-state index in [-0.39, 0.29) is 24.3 Å². The van der Waals surface area contributed by atoms with Crippen LogP contribution in [0.2, 0.25) is 0 Å². The Morgan fingerprint density at radius 2 is 1.84 bits per heavy atom. The number of benzene rings is 1. The molecule has 172 valence electrons. The van der Waals surface area contributed by atoms with Crippen LogP contribution in [0.1, 0.15) is 65.0 Å². The molecule has 0 radical (unpaired) electrons. The monoisotopic (exact) mass is 433 g/mol. The molecule has 2 unspecified atom stereocenters. The van der Waals surface area contributed by atoms with Crippen LogP contribution >= 0.6 is 0 Å². The summed E-state index contributed by atoms with van der Waals surface area (Å²) in [4.78, 5) is 38.8. The number of hydrogen-bond donors (Lipinski definition) is 2. The van der Waals surface area contributed by atoms with Gasteiger partial charge in [-0.15, -0.1) is 0 Å². The van der Waals surface area contributed by atoms with Crippen molar-refractivity contribution in [3.05, 3.63) is 29.8 Å². The zero-order chi connectivity index (χ0) is 23.0. The third-order valence-corrected chi connectivity index (χ3v) is 5.10. The molecule has 0 spiro atoms. The lowest BCUT2D eigenvalue weighted by molar-refractivity contribution is -0.135. The molecule has 0 aromatic heterocycles. The minimum atomic E-state index is -0.573. The highest BCUT2D eigenvalue weighted by atomic mass is 16.6. The normalized spacial score (nSPS) is 17.5.